The van der Waals surface area contributed by atoms with Crippen molar-refractivity contribution in [2.24, 2.45) is 7.05 Å². The monoisotopic (exact) mass is 259 g/mol. The molecular weight excluding hydrogens is 242 g/mol. The van der Waals surface area contributed by atoms with Gasteiger partial charge >= 0.3 is 0 Å². The number of aromatic nitrogens is 2. The first kappa shape index (κ1) is 11.6. The summed E-state index contributed by atoms with van der Waals surface area (Å²) >= 11 is 3.52. The summed E-state index contributed by atoms with van der Waals surface area (Å²) < 4.78 is 1.97. The maximum Gasteiger partial charge on any atom is 0.130 e. The zero-order chi connectivity index (χ0) is 10.7. The van der Waals surface area contributed by atoms with Crippen LogP contribution in [0.25, 0.3) is 0 Å². The fraction of sp³-hybridized carbons (Fsp3) is 0.700. The van der Waals surface area contributed by atoms with Gasteiger partial charge in [-0.25, -0.2) is 0 Å². The number of rotatable bonds is 4. The van der Waals surface area contributed by atoms with Gasteiger partial charge in [0.1, 0.15) is 5.82 Å². The predicted octanol–water partition coefficient (Wildman–Crippen LogP) is 2.47. The van der Waals surface area contributed by atoms with Crippen LogP contribution in [-0.2, 0) is 12.4 Å². The maximum absolute atomic E-state index is 4.44. The quantitative estimate of drug-likeness (QED) is 0.775. The highest BCUT2D eigenvalue weighted by molar-refractivity contribution is 9.08. The molecule has 0 unspecified atom stereocenters. The lowest BCUT2D eigenvalue weighted by Crippen LogP contribution is -2.25. The number of hydrogen-bond donors (Lipinski definition) is 0. The fourth-order valence-corrected chi connectivity index (χ4v) is 2.42. The van der Waals surface area contributed by atoms with Crippen LogP contribution in [0.5, 0.6) is 0 Å². The lowest BCUT2D eigenvalue weighted by atomic mass is 10.2. The van der Waals surface area contributed by atoms with E-state index < -0.39 is 0 Å². The zero-order valence-electron chi connectivity index (χ0n) is 9.34. The number of aryl methyl sites for hydroxylation is 2. The number of halogens is 1. The number of hydrogen-bond acceptors (Lipinski definition) is 2. The van der Waals surface area contributed by atoms with Crippen molar-refractivity contribution >= 4 is 21.7 Å². The van der Waals surface area contributed by atoms with E-state index in [1.165, 1.54) is 11.4 Å². The van der Waals surface area contributed by atoms with E-state index in [0.717, 1.165) is 24.1 Å². The molecule has 0 saturated heterocycles. The van der Waals surface area contributed by atoms with Crippen LogP contribution >= 0.6 is 15.9 Å². The van der Waals surface area contributed by atoms with Crippen LogP contribution in [0.4, 0.5) is 5.82 Å². The van der Waals surface area contributed by atoms with E-state index in [9.17, 15) is 0 Å². The highest BCUT2D eigenvalue weighted by atomic mass is 79.9. The second-order valence-electron chi connectivity index (χ2n) is 3.32. The van der Waals surface area contributed by atoms with Gasteiger partial charge in [0.15, 0.2) is 0 Å². The Kier molecular flexibility index (Phi) is 3.98. The third kappa shape index (κ3) is 1.95. The third-order valence-corrected chi connectivity index (χ3v) is 3.07. The highest BCUT2D eigenvalue weighted by Gasteiger charge is 2.15. The SMILES string of the molecule is CCN(CC)c1c(CBr)c(C)nn1C. The molecule has 0 radical (unpaired) electrons. The van der Waals surface area contributed by atoms with Gasteiger partial charge in [-0.3, -0.25) is 4.68 Å². The van der Waals surface area contributed by atoms with Crippen LogP contribution in [0.2, 0.25) is 0 Å². The van der Waals surface area contributed by atoms with E-state index in [1.54, 1.807) is 0 Å². The Morgan fingerprint density at radius 3 is 2.36 bits per heavy atom. The van der Waals surface area contributed by atoms with Gasteiger partial charge in [0.2, 0.25) is 0 Å². The van der Waals surface area contributed by atoms with Crippen LogP contribution in [0.3, 0.4) is 0 Å². The van der Waals surface area contributed by atoms with Crippen molar-refractivity contribution in [1.82, 2.24) is 9.78 Å². The summed E-state index contributed by atoms with van der Waals surface area (Å²) in [7, 11) is 2.01. The molecule has 0 aromatic carbocycles. The minimum absolute atomic E-state index is 0.874. The molecule has 4 heteroatoms. The Labute approximate surface area is 94.2 Å². The molecule has 0 aliphatic heterocycles. The minimum atomic E-state index is 0.874. The first-order valence-corrected chi connectivity index (χ1v) is 6.11. The van der Waals surface area contributed by atoms with Gasteiger partial charge in [-0.05, 0) is 20.8 Å². The lowest BCUT2D eigenvalue weighted by Gasteiger charge is -2.22. The van der Waals surface area contributed by atoms with E-state index in [1.807, 2.05) is 11.7 Å². The Balaban J connectivity index is 3.16. The van der Waals surface area contributed by atoms with E-state index in [4.69, 9.17) is 0 Å². The topological polar surface area (TPSA) is 21.1 Å². The van der Waals surface area contributed by atoms with Gasteiger partial charge in [0.05, 0.1) is 5.69 Å². The summed E-state index contributed by atoms with van der Waals surface area (Å²) in [5.41, 5.74) is 2.42. The molecule has 0 spiro atoms. The molecule has 14 heavy (non-hydrogen) atoms. The number of nitrogens with zero attached hydrogens (tertiary/aromatic N) is 3. The Hall–Kier alpha value is -0.510. The zero-order valence-corrected chi connectivity index (χ0v) is 10.9. The van der Waals surface area contributed by atoms with E-state index in [-0.39, 0.29) is 0 Å². The molecule has 0 saturated carbocycles. The molecule has 80 valence electrons. The predicted molar refractivity (Wildman–Crippen MR) is 64.1 cm³/mol. The lowest BCUT2D eigenvalue weighted by molar-refractivity contribution is 0.715. The summed E-state index contributed by atoms with van der Waals surface area (Å²) in [6.07, 6.45) is 0. The van der Waals surface area contributed by atoms with Crippen molar-refractivity contribution in [3.05, 3.63) is 11.3 Å². The van der Waals surface area contributed by atoms with Gasteiger partial charge in [0, 0.05) is 31.0 Å². The molecule has 3 nitrogen and oxygen atoms in total. The molecule has 0 N–H and O–H groups in total. The van der Waals surface area contributed by atoms with Crippen LogP contribution in [0, 0.1) is 6.92 Å². The van der Waals surface area contributed by atoms with Gasteiger partial charge in [0.25, 0.3) is 0 Å². The third-order valence-electron chi connectivity index (χ3n) is 2.51. The van der Waals surface area contributed by atoms with Crippen molar-refractivity contribution in [2.75, 3.05) is 18.0 Å². The van der Waals surface area contributed by atoms with E-state index >= 15 is 0 Å². The van der Waals surface area contributed by atoms with Crippen molar-refractivity contribution in [3.8, 4) is 0 Å². The van der Waals surface area contributed by atoms with Gasteiger partial charge in [-0.2, -0.15) is 5.10 Å². The molecule has 1 heterocycles. The molecule has 1 rings (SSSR count). The van der Waals surface area contributed by atoms with Gasteiger partial charge in [-0.15, -0.1) is 0 Å². The smallest absolute Gasteiger partial charge is 0.130 e. The van der Waals surface area contributed by atoms with Crippen LogP contribution in [0.1, 0.15) is 25.1 Å². The highest BCUT2D eigenvalue weighted by Crippen LogP contribution is 2.24. The standard InChI is InChI=1S/C10H18BrN3/c1-5-14(6-2)10-9(7-11)8(3)12-13(10)4/h5-7H2,1-4H3. The Morgan fingerprint density at radius 2 is 1.93 bits per heavy atom. The van der Waals surface area contributed by atoms with Crippen LogP contribution < -0.4 is 4.90 Å². The van der Waals surface area contributed by atoms with E-state index in [0.29, 0.717) is 0 Å². The molecule has 0 aliphatic rings. The normalized spacial score (nSPS) is 10.6. The second-order valence-corrected chi connectivity index (χ2v) is 3.88. The van der Waals surface area contributed by atoms with Crippen molar-refractivity contribution in [2.45, 2.75) is 26.1 Å². The van der Waals surface area contributed by atoms with Crippen molar-refractivity contribution in [3.63, 3.8) is 0 Å². The number of anilines is 1. The van der Waals surface area contributed by atoms with Gasteiger partial charge < -0.3 is 4.90 Å². The maximum atomic E-state index is 4.44. The molecule has 0 fully saturated rings. The first-order chi connectivity index (χ1) is 6.65. The average molecular weight is 260 g/mol. The summed E-state index contributed by atoms with van der Waals surface area (Å²) in [4.78, 5) is 2.33. The van der Waals surface area contributed by atoms with Crippen LogP contribution in [0.15, 0.2) is 0 Å². The molecule has 0 atom stereocenters. The number of alkyl halides is 1. The molecule has 1 aromatic heterocycles. The molecule has 1 aromatic rings. The fourth-order valence-electron chi connectivity index (χ4n) is 1.76. The Bertz CT molecular complexity index is 303. The summed E-state index contributed by atoms with van der Waals surface area (Å²) in [6, 6.07) is 0. The van der Waals surface area contributed by atoms with Gasteiger partial charge in [-0.1, -0.05) is 15.9 Å². The van der Waals surface area contributed by atoms with Crippen molar-refractivity contribution in [1.29, 1.82) is 0 Å². The molecule has 0 aliphatic carbocycles. The summed E-state index contributed by atoms with van der Waals surface area (Å²) in [5, 5.41) is 5.32. The average Bonchev–Trinajstić information content (AvgIpc) is 2.44. The molecule has 0 bridgehead atoms. The molecular formula is C10H18BrN3. The van der Waals surface area contributed by atoms with Crippen LogP contribution in [-0.4, -0.2) is 22.9 Å². The molecule has 0 amide bonds. The minimum Gasteiger partial charge on any atom is -0.357 e. The van der Waals surface area contributed by atoms with E-state index in [2.05, 4.69) is 46.7 Å². The van der Waals surface area contributed by atoms with Crippen molar-refractivity contribution < 1.29 is 0 Å². The summed E-state index contributed by atoms with van der Waals surface area (Å²) in [5.74, 6) is 1.24. The first-order valence-electron chi connectivity index (χ1n) is 4.99. The summed E-state index contributed by atoms with van der Waals surface area (Å²) in [6.45, 7) is 8.45. The largest absolute Gasteiger partial charge is 0.357 e. The second kappa shape index (κ2) is 4.82. The Morgan fingerprint density at radius 1 is 1.36 bits per heavy atom.